The van der Waals surface area contributed by atoms with Gasteiger partial charge in [0, 0.05) is 33.3 Å². The van der Waals surface area contributed by atoms with Gasteiger partial charge in [-0.2, -0.15) is 12.7 Å². The number of amides is 1. The Morgan fingerprint density at radius 2 is 2.00 bits per heavy atom. The van der Waals surface area contributed by atoms with Gasteiger partial charge in [-0.3, -0.25) is 4.79 Å². The van der Waals surface area contributed by atoms with E-state index in [0.717, 1.165) is 17.4 Å². The van der Waals surface area contributed by atoms with Gasteiger partial charge in [0.25, 0.3) is 5.91 Å². The summed E-state index contributed by atoms with van der Waals surface area (Å²) in [5.41, 5.74) is 1.18. The molecule has 0 radical (unpaired) electrons. The first kappa shape index (κ1) is 22.7. The molecule has 8 nitrogen and oxygen atoms in total. The summed E-state index contributed by atoms with van der Waals surface area (Å²) < 4.78 is 29.9. The molecular formula is C14H17Br2Cl2N5O3S. The third-order valence-corrected chi connectivity index (χ3v) is 7.42. The molecular weight excluding hydrogens is 549 g/mol. The van der Waals surface area contributed by atoms with Gasteiger partial charge < -0.3 is 9.88 Å². The molecule has 0 fully saturated rings. The Kier molecular flexibility index (Phi) is 7.79. The first-order valence-corrected chi connectivity index (χ1v) is 11.6. The van der Waals surface area contributed by atoms with Crippen molar-refractivity contribution in [3.63, 3.8) is 0 Å². The fourth-order valence-electron chi connectivity index (χ4n) is 2.56. The minimum atomic E-state index is -3.58. The summed E-state index contributed by atoms with van der Waals surface area (Å²) in [6.45, 7) is 0.443. The quantitative estimate of drug-likeness (QED) is 0.578. The van der Waals surface area contributed by atoms with Gasteiger partial charge >= 0.3 is 10.2 Å². The summed E-state index contributed by atoms with van der Waals surface area (Å²) in [4.78, 5) is 16.2. The Morgan fingerprint density at radius 3 is 2.59 bits per heavy atom. The molecule has 1 aliphatic heterocycles. The van der Waals surface area contributed by atoms with Crippen molar-refractivity contribution in [2.24, 2.45) is 0 Å². The van der Waals surface area contributed by atoms with Crippen LogP contribution in [0.1, 0.15) is 22.2 Å². The summed E-state index contributed by atoms with van der Waals surface area (Å²) in [5, 5.41) is 3.04. The SMILES string of the molecule is CN(C)S(=O)(=O)n1cnc(C[C@H]2CNC(=O)c3cc(Br)c(Br)n32)c1.ClCCl. The third-order valence-electron chi connectivity index (χ3n) is 3.81. The molecule has 0 saturated heterocycles. The van der Waals surface area contributed by atoms with E-state index in [2.05, 4.69) is 42.2 Å². The number of fused-ring (bicyclic) bond motifs is 1. The minimum absolute atomic E-state index is 0.0659. The molecule has 3 heterocycles. The van der Waals surface area contributed by atoms with Crippen molar-refractivity contribution in [2.75, 3.05) is 26.0 Å². The number of hydrogen-bond donors (Lipinski definition) is 1. The predicted octanol–water partition coefficient (Wildman–Crippen LogP) is 2.81. The Morgan fingerprint density at radius 1 is 1.37 bits per heavy atom. The molecule has 150 valence electrons. The van der Waals surface area contributed by atoms with E-state index in [9.17, 15) is 13.2 Å². The van der Waals surface area contributed by atoms with Crippen molar-refractivity contribution in [2.45, 2.75) is 12.5 Å². The predicted molar refractivity (Wildman–Crippen MR) is 112 cm³/mol. The Balaban J connectivity index is 0.000000817. The number of carbonyl (C=O) groups excluding carboxylic acids is 1. The van der Waals surface area contributed by atoms with Crippen LogP contribution in [0.3, 0.4) is 0 Å². The lowest BCUT2D eigenvalue weighted by atomic mass is 10.1. The summed E-state index contributed by atoms with van der Waals surface area (Å²) in [5.74, 6) is -0.140. The fraction of sp³-hybridized carbons (Fsp3) is 0.429. The van der Waals surface area contributed by atoms with Gasteiger partial charge in [0.2, 0.25) is 0 Å². The molecule has 0 spiro atoms. The zero-order chi connectivity index (χ0) is 20.4. The van der Waals surface area contributed by atoms with Gasteiger partial charge in [0.1, 0.15) is 12.0 Å². The molecule has 13 heteroatoms. The third kappa shape index (κ3) is 4.88. The average Bonchev–Trinajstić information content (AvgIpc) is 3.18. The Hall–Kier alpha value is -0.590. The molecule has 0 bridgehead atoms. The van der Waals surface area contributed by atoms with E-state index in [1.807, 2.05) is 4.57 Å². The highest BCUT2D eigenvalue weighted by Gasteiger charge is 2.29. The molecule has 2 aromatic heterocycles. The maximum atomic E-state index is 12.1. The van der Waals surface area contributed by atoms with Crippen LogP contribution < -0.4 is 5.32 Å². The van der Waals surface area contributed by atoms with Crippen LogP contribution in [0.2, 0.25) is 0 Å². The Bertz CT molecular complexity index is 929. The normalized spacial score (nSPS) is 16.6. The number of halogens is 4. The number of nitrogens with one attached hydrogen (secondary N) is 1. The number of rotatable bonds is 4. The van der Waals surface area contributed by atoms with Gasteiger partial charge in [-0.1, -0.05) is 0 Å². The number of carbonyl (C=O) groups is 1. The molecule has 0 aromatic carbocycles. The molecule has 1 N–H and O–H groups in total. The van der Waals surface area contributed by atoms with Crippen LogP contribution in [0.4, 0.5) is 0 Å². The van der Waals surface area contributed by atoms with E-state index in [0.29, 0.717) is 24.4 Å². The van der Waals surface area contributed by atoms with Gasteiger partial charge in [0.15, 0.2) is 0 Å². The van der Waals surface area contributed by atoms with Crippen molar-refractivity contribution in [3.05, 3.63) is 39.1 Å². The molecule has 0 aliphatic carbocycles. The topological polar surface area (TPSA) is 89.2 Å². The van der Waals surface area contributed by atoms with E-state index in [1.54, 1.807) is 6.07 Å². The summed E-state index contributed by atoms with van der Waals surface area (Å²) in [6, 6.07) is 1.68. The molecule has 1 atom stereocenters. The molecule has 27 heavy (non-hydrogen) atoms. The standard InChI is InChI=1S/C13H15Br2N5O3S.CH2Cl2/c1-18(2)24(22,23)19-6-8(17-7-19)3-9-5-16-13(21)11-4-10(14)12(15)20(9)11;2-1-3/h4,6-7,9H,3,5H2,1-2H3,(H,16,21);1H2/t9-;/m0./s1. The van der Waals surface area contributed by atoms with Crippen molar-refractivity contribution >= 4 is 71.2 Å². The number of alkyl halides is 2. The Labute approximate surface area is 184 Å². The highest BCUT2D eigenvalue weighted by Crippen LogP contribution is 2.33. The second kappa shape index (κ2) is 9.27. The highest BCUT2D eigenvalue weighted by atomic mass is 79.9. The van der Waals surface area contributed by atoms with Crippen molar-refractivity contribution in [1.82, 2.24) is 23.1 Å². The van der Waals surface area contributed by atoms with Crippen LogP contribution in [0.15, 0.2) is 27.7 Å². The van der Waals surface area contributed by atoms with Crippen molar-refractivity contribution < 1.29 is 13.2 Å². The largest absolute Gasteiger partial charge is 0.349 e. The van der Waals surface area contributed by atoms with E-state index in [-0.39, 0.29) is 17.3 Å². The minimum Gasteiger partial charge on any atom is -0.349 e. The average molecular weight is 566 g/mol. The maximum absolute atomic E-state index is 12.1. The summed E-state index contributed by atoms with van der Waals surface area (Å²) in [6.07, 6.45) is 3.27. The molecule has 0 unspecified atom stereocenters. The molecule has 1 amide bonds. The van der Waals surface area contributed by atoms with E-state index in [4.69, 9.17) is 23.2 Å². The highest BCUT2D eigenvalue weighted by molar-refractivity contribution is 9.13. The zero-order valence-electron chi connectivity index (χ0n) is 14.4. The van der Waals surface area contributed by atoms with Crippen LogP contribution in [-0.2, 0) is 16.6 Å². The molecule has 3 rings (SSSR count). The van der Waals surface area contributed by atoms with Crippen LogP contribution in [-0.4, -0.2) is 58.1 Å². The number of imidazole rings is 1. The van der Waals surface area contributed by atoms with Gasteiger partial charge in [0.05, 0.1) is 26.2 Å². The lowest BCUT2D eigenvalue weighted by molar-refractivity contribution is 0.0913. The second-order valence-electron chi connectivity index (χ2n) is 5.69. The van der Waals surface area contributed by atoms with Crippen LogP contribution in [0.5, 0.6) is 0 Å². The number of hydrogen-bond acceptors (Lipinski definition) is 4. The molecule has 0 saturated carbocycles. The van der Waals surface area contributed by atoms with Crippen LogP contribution in [0.25, 0.3) is 0 Å². The maximum Gasteiger partial charge on any atom is 0.308 e. The second-order valence-corrected chi connectivity index (χ2v) is 10.2. The van der Waals surface area contributed by atoms with Gasteiger partial charge in [-0.15, -0.1) is 23.2 Å². The van der Waals surface area contributed by atoms with Crippen molar-refractivity contribution in [3.8, 4) is 0 Å². The first-order chi connectivity index (χ1) is 12.6. The monoisotopic (exact) mass is 563 g/mol. The number of aromatic nitrogens is 3. The van der Waals surface area contributed by atoms with Gasteiger partial charge in [-0.25, -0.2) is 8.96 Å². The zero-order valence-corrected chi connectivity index (χ0v) is 19.9. The van der Waals surface area contributed by atoms with Crippen molar-refractivity contribution in [1.29, 1.82) is 0 Å². The number of nitrogens with zero attached hydrogens (tertiary/aromatic N) is 4. The van der Waals surface area contributed by atoms with E-state index >= 15 is 0 Å². The van der Waals surface area contributed by atoms with Crippen LogP contribution in [0, 0.1) is 0 Å². The van der Waals surface area contributed by atoms with Crippen LogP contribution >= 0.6 is 55.1 Å². The summed E-state index contributed by atoms with van der Waals surface area (Å²) in [7, 11) is -0.647. The lowest BCUT2D eigenvalue weighted by Gasteiger charge is -2.26. The lowest BCUT2D eigenvalue weighted by Crippen LogP contribution is -2.39. The smallest absolute Gasteiger partial charge is 0.308 e. The molecule has 2 aromatic rings. The first-order valence-electron chi connectivity index (χ1n) is 7.55. The van der Waals surface area contributed by atoms with Gasteiger partial charge in [-0.05, 0) is 37.9 Å². The van der Waals surface area contributed by atoms with E-state index in [1.165, 1.54) is 26.6 Å². The van der Waals surface area contributed by atoms with E-state index < -0.39 is 10.2 Å². The molecule has 1 aliphatic rings. The summed E-state index contributed by atoms with van der Waals surface area (Å²) >= 11 is 16.4. The fourth-order valence-corrected chi connectivity index (χ4v) is 4.37.